The van der Waals surface area contributed by atoms with Gasteiger partial charge in [0.05, 0.1) is 12.8 Å². The third-order valence-corrected chi connectivity index (χ3v) is 5.88. The van der Waals surface area contributed by atoms with E-state index in [1.807, 2.05) is 24.4 Å². The number of fused-ring (bicyclic) bond motifs is 1. The lowest BCUT2D eigenvalue weighted by Gasteiger charge is -2.16. The summed E-state index contributed by atoms with van der Waals surface area (Å²) in [5, 5.41) is 2.47. The number of nitrogens with zero attached hydrogens (tertiary/aromatic N) is 1. The molecule has 3 rings (SSSR count). The Morgan fingerprint density at radius 3 is 2.52 bits per heavy atom. The molecule has 1 aliphatic rings. The van der Waals surface area contributed by atoms with Crippen LogP contribution in [0.4, 0.5) is 0 Å². The first-order valence-electron chi connectivity index (χ1n) is 10.2. The van der Waals surface area contributed by atoms with Crippen molar-refractivity contribution in [3.63, 3.8) is 0 Å². The molecule has 0 bridgehead atoms. The highest BCUT2D eigenvalue weighted by molar-refractivity contribution is 7.09. The van der Waals surface area contributed by atoms with E-state index >= 15 is 0 Å². The van der Waals surface area contributed by atoms with Gasteiger partial charge in [0.1, 0.15) is 5.01 Å². The molecule has 2 amide bonds. The van der Waals surface area contributed by atoms with Crippen LogP contribution in [0, 0.1) is 6.92 Å². The van der Waals surface area contributed by atoms with Crippen LogP contribution in [0.5, 0.6) is 0 Å². The summed E-state index contributed by atoms with van der Waals surface area (Å²) in [6.07, 6.45) is 4.28. The fourth-order valence-corrected chi connectivity index (χ4v) is 4.10. The van der Waals surface area contributed by atoms with Gasteiger partial charge in [0, 0.05) is 23.1 Å². The number of esters is 1. The zero-order valence-electron chi connectivity index (χ0n) is 17.4. The van der Waals surface area contributed by atoms with Gasteiger partial charge >= 0.3 is 5.97 Å². The summed E-state index contributed by atoms with van der Waals surface area (Å²) in [5.41, 5.74) is 8.36. The van der Waals surface area contributed by atoms with Gasteiger partial charge in [-0.15, -0.1) is 11.3 Å². The molecule has 8 nitrogen and oxygen atoms in total. The lowest BCUT2D eigenvalue weighted by Crippen LogP contribution is -2.44. The van der Waals surface area contributed by atoms with E-state index in [1.165, 1.54) is 28.9 Å². The maximum Gasteiger partial charge on any atom is 0.306 e. The predicted molar refractivity (Wildman–Crippen MR) is 114 cm³/mol. The van der Waals surface area contributed by atoms with Crippen molar-refractivity contribution in [3.8, 4) is 0 Å². The highest BCUT2D eigenvalue weighted by atomic mass is 32.1. The maximum atomic E-state index is 12.4. The molecule has 0 saturated heterocycles. The van der Waals surface area contributed by atoms with E-state index in [4.69, 9.17) is 4.74 Å². The van der Waals surface area contributed by atoms with Gasteiger partial charge in [0.15, 0.2) is 12.4 Å². The molecule has 0 unspecified atom stereocenters. The molecule has 9 heteroatoms. The molecular weight excluding hydrogens is 418 g/mol. The summed E-state index contributed by atoms with van der Waals surface area (Å²) in [7, 11) is 0. The minimum atomic E-state index is -0.668. The lowest BCUT2D eigenvalue weighted by molar-refractivity contribution is -0.148. The quantitative estimate of drug-likeness (QED) is 0.367. The molecule has 1 heterocycles. The van der Waals surface area contributed by atoms with Crippen LogP contribution in [-0.4, -0.2) is 35.2 Å². The number of carbonyl (C=O) groups is 4. The highest BCUT2D eigenvalue weighted by Crippen LogP contribution is 2.23. The Labute approximate surface area is 184 Å². The number of aromatic nitrogens is 1. The van der Waals surface area contributed by atoms with Crippen molar-refractivity contribution < 1.29 is 23.9 Å². The number of nitrogens with one attached hydrogen (secondary N) is 2. The van der Waals surface area contributed by atoms with E-state index in [2.05, 4.69) is 15.8 Å². The Morgan fingerprint density at radius 1 is 1.03 bits per heavy atom. The highest BCUT2D eigenvalue weighted by Gasteiger charge is 2.15. The Bertz CT molecular complexity index is 985. The summed E-state index contributed by atoms with van der Waals surface area (Å²) in [4.78, 5) is 51.9. The second-order valence-corrected chi connectivity index (χ2v) is 8.37. The molecule has 0 spiro atoms. The number of thiazole rings is 1. The van der Waals surface area contributed by atoms with Crippen molar-refractivity contribution in [1.82, 2.24) is 15.8 Å². The zero-order chi connectivity index (χ0) is 22.2. The van der Waals surface area contributed by atoms with Crippen molar-refractivity contribution in [1.29, 1.82) is 0 Å². The number of ether oxygens (including phenoxy) is 1. The van der Waals surface area contributed by atoms with Crippen LogP contribution in [0.15, 0.2) is 23.6 Å². The van der Waals surface area contributed by atoms with Gasteiger partial charge in [-0.25, -0.2) is 4.98 Å². The number of amides is 2. The van der Waals surface area contributed by atoms with Crippen LogP contribution in [0.2, 0.25) is 0 Å². The van der Waals surface area contributed by atoms with Crippen LogP contribution in [0.1, 0.15) is 57.9 Å². The summed E-state index contributed by atoms with van der Waals surface area (Å²) < 4.78 is 4.87. The number of hydrogen-bond acceptors (Lipinski definition) is 7. The number of hydrazine groups is 1. The van der Waals surface area contributed by atoms with E-state index in [9.17, 15) is 19.2 Å². The van der Waals surface area contributed by atoms with E-state index < -0.39 is 24.4 Å². The Kier molecular flexibility index (Phi) is 7.88. The Hall–Kier alpha value is -3.07. The molecule has 0 aliphatic heterocycles. The number of Topliss-reactive ketones (excluding diaryl/α,β-unsaturated/α-hetero) is 1. The van der Waals surface area contributed by atoms with Crippen molar-refractivity contribution in [3.05, 3.63) is 51.0 Å². The fraction of sp³-hybridized carbons (Fsp3) is 0.409. The molecule has 0 radical (unpaired) electrons. The van der Waals surface area contributed by atoms with E-state index in [1.54, 1.807) is 6.07 Å². The molecule has 0 saturated carbocycles. The Morgan fingerprint density at radius 2 is 1.77 bits per heavy atom. The van der Waals surface area contributed by atoms with Crippen LogP contribution in [0.3, 0.4) is 0 Å². The SMILES string of the molecule is Cc1csc(CC(=O)NNC(=O)COC(=O)CCC(=O)c2ccc3c(c2)CCCC3)n1. The number of carbonyl (C=O) groups excluding carboxylic acids is 4. The molecule has 1 aliphatic carbocycles. The minimum Gasteiger partial charge on any atom is -0.455 e. The summed E-state index contributed by atoms with van der Waals surface area (Å²) in [6.45, 7) is 1.29. The largest absolute Gasteiger partial charge is 0.455 e. The number of aryl methyl sites for hydroxylation is 3. The molecule has 0 atom stereocenters. The smallest absolute Gasteiger partial charge is 0.306 e. The van der Waals surface area contributed by atoms with E-state index in [0.717, 1.165) is 25.0 Å². The number of hydrogen-bond donors (Lipinski definition) is 2. The van der Waals surface area contributed by atoms with Crippen molar-refractivity contribution in [2.45, 2.75) is 51.9 Å². The maximum absolute atomic E-state index is 12.4. The summed E-state index contributed by atoms with van der Waals surface area (Å²) in [5.74, 6) is -1.87. The van der Waals surface area contributed by atoms with Gasteiger partial charge in [-0.05, 0) is 49.8 Å². The van der Waals surface area contributed by atoms with Crippen molar-refractivity contribution in [2.24, 2.45) is 0 Å². The number of rotatable bonds is 8. The molecule has 1 aromatic heterocycles. The normalized spacial score (nSPS) is 12.5. The van der Waals surface area contributed by atoms with Crippen LogP contribution < -0.4 is 10.9 Å². The standard InChI is InChI=1S/C22H25N3O5S/c1-14-13-31-21(23-14)11-19(27)24-25-20(28)12-30-22(29)9-8-18(26)17-7-6-15-4-2-3-5-16(15)10-17/h6-7,10,13H,2-5,8-9,11-12H2,1H3,(H,24,27)(H,25,28). The molecule has 2 N–H and O–H groups in total. The van der Waals surface area contributed by atoms with Gasteiger partial charge in [0.2, 0.25) is 5.91 Å². The average molecular weight is 444 g/mol. The van der Waals surface area contributed by atoms with Gasteiger partial charge in [-0.3, -0.25) is 30.0 Å². The number of ketones is 1. The van der Waals surface area contributed by atoms with Gasteiger partial charge < -0.3 is 4.74 Å². The van der Waals surface area contributed by atoms with E-state index in [0.29, 0.717) is 10.6 Å². The van der Waals surface area contributed by atoms with Crippen molar-refractivity contribution in [2.75, 3.05) is 6.61 Å². The monoisotopic (exact) mass is 443 g/mol. The summed E-state index contributed by atoms with van der Waals surface area (Å²) in [6, 6.07) is 5.72. The molecule has 164 valence electrons. The Balaban J connectivity index is 1.33. The minimum absolute atomic E-state index is 0.0171. The van der Waals surface area contributed by atoms with Gasteiger partial charge in [0.25, 0.3) is 5.91 Å². The topological polar surface area (TPSA) is 114 Å². The third-order valence-electron chi connectivity index (χ3n) is 4.91. The van der Waals surface area contributed by atoms with Crippen LogP contribution in [-0.2, 0) is 38.4 Å². The fourth-order valence-electron chi connectivity index (χ4n) is 3.33. The molecule has 2 aromatic rings. The average Bonchev–Trinajstić information content (AvgIpc) is 3.18. The van der Waals surface area contributed by atoms with Crippen LogP contribution in [0.25, 0.3) is 0 Å². The second kappa shape index (κ2) is 10.8. The van der Waals surface area contributed by atoms with Gasteiger partial charge in [-0.2, -0.15) is 0 Å². The predicted octanol–water partition coefficient (Wildman–Crippen LogP) is 2.23. The van der Waals surface area contributed by atoms with Crippen molar-refractivity contribution >= 4 is 34.9 Å². The van der Waals surface area contributed by atoms with Gasteiger partial charge in [-0.1, -0.05) is 12.1 Å². The summed E-state index contributed by atoms with van der Waals surface area (Å²) >= 11 is 1.36. The first kappa shape index (κ1) is 22.6. The molecule has 0 fully saturated rings. The molecular formula is C22H25N3O5S. The molecule has 31 heavy (non-hydrogen) atoms. The number of benzene rings is 1. The lowest BCUT2D eigenvalue weighted by atomic mass is 9.89. The molecule has 1 aromatic carbocycles. The van der Waals surface area contributed by atoms with Crippen LogP contribution >= 0.6 is 11.3 Å². The third kappa shape index (κ3) is 6.99. The second-order valence-electron chi connectivity index (χ2n) is 7.43. The zero-order valence-corrected chi connectivity index (χ0v) is 18.2. The first-order chi connectivity index (χ1) is 14.9. The first-order valence-corrected chi connectivity index (χ1v) is 11.1. The van der Waals surface area contributed by atoms with E-state index in [-0.39, 0.29) is 25.0 Å².